The first-order valence-corrected chi connectivity index (χ1v) is 7.39. The summed E-state index contributed by atoms with van der Waals surface area (Å²) in [6, 6.07) is 5.72. The van der Waals surface area contributed by atoms with E-state index in [1.54, 1.807) is 26.0 Å². The largest absolute Gasteiger partial charge is 0.497 e. The lowest BCUT2D eigenvalue weighted by atomic mass is 10.1. The first-order valence-electron chi connectivity index (χ1n) is 6.34. The summed E-state index contributed by atoms with van der Waals surface area (Å²) < 4.78 is 10.7. The minimum Gasteiger partial charge on any atom is -0.497 e. The summed E-state index contributed by atoms with van der Waals surface area (Å²) in [4.78, 5) is 13.9. The Balaban J connectivity index is 2.36. The summed E-state index contributed by atoms with van der Waals surface area (Å²) in [5, 5.41) is 0.0255. The van der Waals surface area contributed by atoms with Gasteiger partial charge in [0.05, 0.1) is 14.2 Å². The van der Waals surface area contributed by atoms with Crippen molar-refractivity contribution in [1.29, 1.82) is 0 Å². The van der Waals surface area contributed by atoms with Crippen LogP contribution in [-0.2, 0) is 4.79 Å². The number of hydrogen-bond acceptors (Lipinski definition) is 4. The molecule has 19 heavy (non-hydrogen) atoms. The van der Waals surface area contributed by atoms with E-state index in [-0.39, 0.29) is 11.3 Å². The molecule has 1 amide bonds. The quantitative estimate of drug-likeness (QED) is 0.850. The summed E-state index contributed by atoms with van der Waals surface area (Å²) in [5.41, 5.74) is 1.01. The van der Waals surface area contributed by atoms with Crippen molar-refractivity contribution in [2.75, 3.05) is 26.5 Å². The smallest absolute Gasteiger partial charge is 0.223 e. The van der Waals surface area contributed by atoms with Crippen molar-refractivity contribution in [3.63, 3.8) is 0 Å². The number of methoxy groups -OCH3 is 2. The summed E-state index contributed by atoms with van der Waals surface area (Å²) in [6.45, 7) is 2.69. The molecule has 0 spiro atoms. The molecule has 1 saturated heterocycles. The second-order valence-electron chi connectivity index (χ2n) is 4.27. The summed E-state index contributed by atoms with van der Waals surface area (Å²) in [7, 11) is 3.29. The Labute approximate surface area is 118 Å². The third-order valence-electron chi connectivity index (χ3n) is 3.22. The Morgan fingerprint density at radius 1 is 1.42 bits per heavy atom. The van der Waals surface area contributed by atoms with Crippen LogP contribution < -0.4 is 9.47 Å². The molecule has 1 aromatic carbocycles. The number of nitrogens with zero attached hydrogens (tertiary/aromatic N) is 1. The molecule has 1 atom stereocenters. The zero-order valence-electron chi connectivity index (χ0n) is 11.5. The Kier molecular flexibility index (Phi) is 4.58. The fourth-order valence-corrected chi connectivity index (χ4v) is 3.51. The van der Waals surface area contributed by atoms with Crippen LogP contribution in [-0.4, -0.2) is 37.3 Å². The third kappa shape index (κ3) is 2.81. The minimum absolute atomic E-state index is 0.0255. The molecule has 1 unspecified atom stereocenters. The second-order valence-corrected chi connectivity index (χ2v) is 5.46. The highest BCUT2D eigenvalue weighted by atomic mass is 32.2. The lowest BCUT2D eigenvalue weighted by Gasteiger charge is -2.25. The van der Waals surface area contributed by atoms with Crippen molar-refractivity contribution in [3.8, 4) is 11.5 Å². The minimum atomic E-state index is 0.0255. The predicted octanol–water partition coefficient (Wildman–Crippen LogP) is 2.69. The van der Waals surface area contributed by atoms with E-state index >= 15 is 0 Å². The van der Waals surface area contributed by atoms with Crippen LogP contribution in [0.4, 0.5) is 0 Å². The van der Waals surface area contributed by atoms with E-state index in [1.807, 2.05) is 30.0 Å². The average Bonchev–Trinajstić information content (AvgIpc) is 2.94. The lowest BCUT2D eigenvalue weighted by molar-refractivity contribution is -0.131. The van der Waals surface area contributed by atoms with Crippen molar-refractivity contribution in [3.05, 3.63) is 23.8 Å². The summed E-state index contributed by atoms with van der Waals surface area (Å²) in [5.74, 6) is 2.72. The molecule has 4 nitrogen and oxygen atoms in total. The molecule has 1 aliphatic heterocycles. The number of carbonyl (C=O) groups excluding carboxylic acids is 1. The Morgan fingerprint density at radius 3 is 2.84 bits per heavy atom. The van der Waals surface area contributed by atoms with Gasteiger partial charge in [-0.3, -0.25) is 4.79 Å². The van der Waals surface area contributed by atoms with Crippen molar-refractivity contribution in [2.45, 2.75) is 18.7 Å². The van der Waals surface area contributed by atoms with Gasteiger partial charge in [-0.25, -0.2) is 0 Å². The van der Waals surface area contributed by atoms with Crippen LogP contribution >= 0.6 is 11.8 Å². The van der Waals surface area contributed by atoms with E-state index < -0.39 is 0 Å². The molecule has 0 radical (unpaired) electrons. The molecule has 104 valence electrons. The van der Waals surface area contributed by atoms with E-state index in [0.29, 0.717) is 6.42 Å². The first kappa shape index (κ1) is 14.1. The molecule has 0 N–H and O–H groups in total. The number of amides is 1. The van der Waals surface area contributed by atoms with Crippen LogP contribution in [0.1, 0.15) is 24.3 Å². The molecule has 5 heteroatoms. The molecular formula is C14H19NO3S. The number of carbonyl (C=O) groups is 1. The molecule has 1 aromatic rings. The maximum absolute atomic E-state index is 12.0. The maximum atomic E-state index is 12.0. The molecule has 1 fully saturated rings. The van der Waals surface area contributed by atoms with Gasteiger partial charge in [-0.1, -0.05) is 6.92 Å². The first-order chi connectivity index (χ1) is 9.21. The van der Waals surface area contributed by atoms with Gasteiger partial charge in [0, 0.05) is 24.3 Å². The normalized spacial score (nSPS) is 18.5. The fourth-order valence-electron chi connectivity index (χ4n) is 2.22. The number of ether oxygens (including phenoxy) is 2. The van der Waals surface area contributed by atoms with Crippen molar-refractivity contribution in [2.24, 2.45) is 0 Å². The van der Waals surface area contributed by atoms with Gasteiger partial charge in [-0.15, -0.1) is 11.8 Å². The fraction of sp³-hybridized carbons (Fsp3) is 0.500. The third-order valence-corrected chi connectivity index (χ3v) is 4.46. The standard InChI is InChI=1S/C14H19NO3S/c1-4-13(16)15-7-8-19-14(15)11-9-10(17-2)5-6-12(11)18-3/h5-6,9,14H,4,7-8H2,1-3H3. The van der Waals surface area contributed by atoms with Gasteiger partial charge in [-0.05, 0) is 18.2 Å². The SMILES string of the molecule is CCC(=O)N1CCSC1c1cc(OC)ccc1OC. The topological polar surface area (TPSA) is 38.8 Å². The van der Waals surface area contributed by atoms with Crippen molar-refractivity contribution >= 4 is 17.7 Å². The molecule has 0 saturated carbocycles. The molecule has 0 bridgehead atoms. The highest BCUT2D eigenvalue weighted by Crippen LogP contribution is 2.43. The molecule has 1 aliphatic rings. The Hall–Kier alpha value is -1.36. The number of benzene rings is 1. The van der Waals surface area contributed by atoms with Crippen LogP contribution in [0.25, 0.3) is 0 Å². The number of hydrogen-bond donors (Lipinski definition) is 0. The van der Waals surface area contributed by atoms with E-state index in [2.05, 4.69) is 0 Å². The van der Waals surface area contributed by atoms with Gasteiger partial charge >= 0.3 is 0 Å². The monoisotopic (exact) mass is 281 g/mol. The van der Waals surface area contributed by atoms with Gasteiger partial charge in [0.15, 0.2) is 0 Å². The van der Waals surface area contributed by atoms with Gasteiger partial charge in [0.1, 0.15) is 16.9 Å². The number of thioether (sulfide) groups is 1. The van der Waals surface area contributed by atoms with Crippen LogP contribution in [0.5, 0.6) is 11.5 Å². The van der Waals surface area contributed by atoms with Gasteiger partial charge in [-0.2, -0.15) is 0 Å². The van der Waals surface area contributed by atoms with E-state index in [9.17, 15) is 4.79 Å². The molecule has 1 heterocycles. The average molecular weight is 281 g/mol. The van der Waals surface area contributed by atoms with Crippen LogP contribution in [0.15, 0.2) is 18.2 Å². The van der Waals surface area contributed by atoms with E-state index in [4.69, 9.17) is 9.47 Å². The van der Waals surface area contributed by atoms with E-state index in [0.717, 1.165) is 29.4 Å². The van der Waals surface area contributed by atoms with Crippen molar-refractivity contribution in [1.82, 2.24) is 4.90 Å². The maximum Gasteiger partial charge on any atom is 0.223 e. The Bertz CT molecular complexity index is 464. The van der Waals surface area contributed by atoms with Crippen LogP contribution in [0.3, 0.4) is 0 Å². The Morgan fingerprint density at radius 2 is 2.21 bits per heavy atom. The number of rotatable bonds is 4. The zero-order valence-corrected chi connectivity index (χ0v) is 12.3. The second kappa shape index (κ2) is 6.19. The zero-order chi connectivity index (χ0) is 13.8. The molecule has 0 aromatic heterocycles. The predicted molar refractivity (Wildman–Crippen MR) is 76.7 cm³/mol. The van der Waals surface area contributed by atoms with Crippen molar-refractivity contribution < 1.29 is 14.3 Å². The molecular weight excluding hydrogens is 262 g/mol. The lowest BCUT2D eigenvalue weighted by Crippen LogP contribution is -2.29. The highest BCUT2D eigenvalue weighted by Gasteiger charge is 2.31. The van der Waals surface area contributed by atoms with Crippen LogP contribution in [0.2, 0.25) is 0 Å². The summed E-state index contributed by atoms with van der Waals surface area (Å²) in [6.07, 6.45) is 0.531. The van der Waals surface area contributed by atoms with Gasteiger partial charge in [0.25, 0.3) is 0 Å². The van der Waals surface area contributed by atoms with Gasteiger partial charge < -0.3 is 14.4 Å². The van der Waals surface area contributed by atoms with E-state index in [1.165, 1.54) is 0 Å². The molecule has 0 aliphatic carbocycles. The van der Waals surface area contributed by atoms with Gasteiger partial charge in [0.2, 0.25) is 5.91 Å². The van der Waals surface area contributed by atoms with Crippen LogP contribution in [0, 0.1) is 0 Å². The summed E-state index contributed by atoms with van der Waals surface area (Å²) >= 11 is 1.77. The highest BCUT2D eigenvalue weighted by molar-refractivity contribution is 7.99. The molecule has 2 rings (SSSR count).